The number of ether oxygens (including phenoxy) is 1. The number of piperidine rings is 1. The van der Waals surface area contributed by atoms with Crippen LogP contribution < -0.4 is 0 Å². The quantitative estimate of drug-likeness (QED) is 0.771. The van der Waals surface area contributed by atoms with E-state index in [1.165, 1.54) is 6.42 Å². The van der Waals surface area contributed by atoms with Crippen LogP contribution in [0.1, 0.15) is 41.6 Å². The predicted octanol–water partition coefficient (Wildman–Crippen LogP) is 3.93. The van der Waals surface area contributed by atoms with Crippen LogP contribution in [0.5, 0.6) is 0 Å². The van der Waals surface area contributed by atoms with Crippen molar-refractivity contribution in [2.24, 2.45) is 5.92 Å². The Balaban J connectivity index is 2.00. The zero-order chi connectivity index (χ0) is 15.2. The molecule has 0 spiro atoms. The molecule has 1 aromatic carbocycles. The van der Waals surface area contributed by atoms with E-state index in [4.69, 9.17) is 16.3 Å². The fourth-order valence-corrected chi connectivity index (χ4v) is 3.17. The molecule has 0 saturated carbocycles. The summed E-state index contributed by atoms with van der Waals surface area (Å²) in [6, 6.07) is 5.53. The number of hydrogen-bond acceptors (Lipinski definition) is 2. The van der Waals surface area contributed by atoms with Gasteiger partial charge in [0.25, 0.3) is 5.91 Å². The molecule has 1 amide bonds. The molecule has 1 aromatic rings. The maximum absolute atomic E-state index is 12.7. The Kier molecular flexibility index (Phi) is 6.07. The topological polar surface area (TPSA) is 29.5 Å². The first-order valence-corrected chi connectivity index (χ1v) is 8.04. The summed E-state index contributed by atoms with van der Waals surface area (Å²) < 4.78 is 5.11. The Labute approximate surface area is 132 Å². The average molecular weight is 310 g/mol. The molecular formula is C17H24ClNO2. The molecule has 1 aliphatic rings. The van der Waals surface area contributed by atoms with Gasteiger partial charge < -0.3 is 9.64 Å². The van der Waals surface area contributed by atoms with Crippen LogP contribution in [-0.2, 0) is 4.74 Å². The molecule has 1 fully saturated rings. The zero-order valence-corrected chi connectivity index (χ0v) is 13.7. The molecule has 0 radical (unpaired) electrons. The molecule has 1 heterocycles. The highest BCUT2D eigenvalue weighted by Crippen LogP contribution is 2.24. The smallest absolute Gasteiger partial charge is 0.254 e. The molecule has 0 aromatic heterocycles. The number of carbonyl (C=O) groups excluding carboxylic acids is 1. The molecule has 116 valence electrons. The zero-order valence-electron chi connectivity index (χ0n) is 12.9. The lowest BCUT2D eigenvalue weighted by Crippen LogP contribution is -2.40. The van der Waals surface area contributed by atoms with E-state index in [0.717, 1.165) is 50.1 Å². The minimum Gasteiger partial charge on any atom is -0.385 e. The van der Waals surface area contributed by atoms with Crippen molar-refractivity contribution in [2.75, 3.05) is 26.8 Å². The summed E-state index contributed by atoms with van der Waals surface area (Å²) in [5.41, 5.74) is 1.73. The SMILES string of the molecule is COCCCC1CCCN(C(=O)c2cc(Cl)ccc2C)C1. The number of nitrogens with zero attached hydrogens (tertiary/aromatic N) is 1. The number of halogens is 1. The van der Waals surface area contributed by atoms with E-state index >= 15 is 0 Å². The molecule has 3 nitrogen and oxygen atoms in total. The maximum atomic E-state index is 12.7. The van der Waals surface area contributed by atoms with Crippen molar-refractivity contribution in [1.29, 1.82) is 0 Å². The average Bonchev–Trinajstić information content (AvgIpc) is 2.49. The summed E-state index contributed by atoms with van der Waals surface area (Å²) in [6.07, 6.45) is 4.50. The second kappa shape index (κ2) is 7.81. The van der Waals surface area contributed by atoms with Crippen molar-refractivity contribution in [3.63, 3.8) is 0 Å². The second-order valence-electron chi connectivity index (χ2n) is 5.85. The summed E-state index contributed by atoms with van der Waals surface area (Å²) in [6.45, 7) is 4.47. The van der Waals surface area contributed by atoms with E-state index in [1.54, 1.807) is 13.2 Å². The van der Waals surface area contributed by atoms with E-state index in [9.17, 15) is 4.79 Å². The number of hydrogen-bond donors (Lipinski definition) is 0. The number of benzene rings is 1. The van der Waals surface area contributed by atoms with E-state index < -0.39 is 0 Å². The Morgan fingerprint density at radius 2 is 2.29 bits per heavy atom. The highest BCUT2D eigenvalue weighted by molar-refractivity contribution is 6.31. The number of methoxy groups -OCH3 is 1. The van der Waals surface area contributed by atoms with Gasteiger partial charge in [-0.15, -0.1) is 0 Å². The first-order valence-electron chi connectivity index (χ1n) is 7.66. The van der Waals surface area contributed by atoms with Crippen LogP contribution in [0.25, 0.3) is 0 Å². The summed E-state index contributed by atoms with van der Waals surface area (Å²) in [4.78, 5) is 14.7. The Bertz CT molecular complexity index is 490. The molecular weight excluding hydrogens is 286 g/mol. The Morgan fingerprint density at radius 3 is 3.05 bits per heavy atom. The molecule has 1 aliphatic heterocycles. The van der Waals surface area contributed by atoms with Crippen molar-refractivity contribution in [1.82, 2.24) is 4.90 Å². The van der Waals surface area contributed by atoms with Crippen LogP contribution in [0.3, 0.4) is 0 Å². The van der Waals surface area contributed by atoms with Gasteiger partial charge in [0.05, 0.1) is 0 Å². The molecule has 1 saturated heterocycles. The van der Waals surface area contributed by atoms with Gasteiger partial charge in [0.1, 0.15) is 0 Å². The third-order valence-electron chi connectivity index (χ3n) is 4.20. The van der Waals surface area contributed by atoms with Gasteiger partial charge in [0.15, 0.2) is 0 Å². The van der Waals surface area contributed by atoms with Crippen molar-refractivity contribution in [2.45, 2.75) is 32.6 Å². The van der Waals surface area contributed by atoms with E-state index in [1.807, 2.05) is 24.0 Å². The Hall–Kier alpha value is -1.06. The number of aryl methyl sites for hydroxylation is 1. The molecule has 1 unspecified atom stereocenters. The third-order valence-corrected chi connectivity index (χ3v) is 4.43. The van der Waals surface area contributed by atoms with Crippen LogP contribution in [0, 0.1) is 12.8 Å². The first kappa shape index (κ1) is 16.3. The predicted molar refractivity (Wildman–Crippen MR) is 85.9 cm³/mol. The van der Waals surface area contributed by atoms with Gasteiger partial charge in [0.2, 0.25) is 0 Å². The van der Waals surface area contributed by atoms with Crippen molar-refractivity contribution in [3.8, 4) is 0 Å². The van der Waals surface area contributed by atoms with Crippen LogP contribution in [0.15, 0.2) is 18.2 Å². The van der Waals surface area contributed by atoms with Gasteiger partial charge in [-0.25, -0.2) is 0 Å². The number of carbonyl (C=O) groups is 1. The molecule has 0 N–H and O–H groups in total. The fraction of sp³-hybridized carbons (Fsp3) is 0.588. The van der Waals surface area contributed by atoms with Crippen molar-refractivity contribution in [3.05, 3.63) is 34.3 Å². The van der Waals surface area contributed by atoms with Gasteiger partial charge in [-0.05, 0) is 56.2 Å². The summed E-state index contributed by atoms with van der Waals surface area (Å²) in [5, 5.41) is 0.623. The number of rotatable bonds is 5. The normalized spacial score (nSPS) is 18.8. The Morgan fingerprint density at radius 1 is 1.48 bits per heavy atom. The highest BCUT2D eigenvalue weighted by atomic mass is 35.5. The highest BCUT2D eigenvalue weighted by Gasteiger charge is 2.25. The summed E-state index contributed by atoms with van der Waals surface area (Å²) >= 11 is 6.03. The lowest BCUT2D eigenvalue weighted by atomic mass is 9.93. The van der Waals surface area contributed by atoms with Gasteiger partial charge in [-0.2, -0.15) is 0 Å². The minimum absolute atomic E-state index is 0.117. The third kappa shape index (κ3) is 4.45. The first-order chi connectivity index (χ1) is 10.1. The van der Waals surface area contributed by atoms with Crippen molar-refractivity contribution < 1.29 is 9.53 Å². The maximum Gasteiger partial charge on any atom is 0.254 e. The van der Waals surface area contributed by atoms with Gasteiger partial charge >= 0.3 is 0 Å². The molecule has 0 bridgehead atoms. The van der Waals surface area contributed by atoms with Crippen LogP contribution in [-0.4, -0.2) is 37.6 Å². The molecule has 4 heteroatoms. The lowest BCUT2D eigenvalue weighted by molar-refractivity contribution is 0.0660. The number of likely N-dealkylation sites (tertiary alicyclic amines) is 1. The van der Waals surface area contributed by atoms with Crippen LogP contribution in [0.4, 0.5) is 0 Å². The molecule has 0 aliphatic carbocycles. The minimum atomic E-state index is 0.117. The lowest BCUT2D eigenvalue weighted by Gasteiger charge is -2.33. The van der Waals surface area contributed by atoms with Gasteiger partial charge in [0, 0.05) is 37.4 Å². The summed E-state index contributed by atoms with van der Waals surface area (Å²) in [5.74, 6) is 0.712. The van der Waals surface area contributed by atoms with E-state index in [-0.39, 0.29) is 5.91 Å². The molecule has 1 atom stereocenters. The fourth-order valence-electron chi connectivity index (χ4n) is 3.00. The van der Waals surface area contributed by atoms with Crippen LogP contribution >= 0.6 is 11.6 Å². The monoisotopic (exact) mass is 309 g/mol. The largest absolute Gasteiger partial charge is 0.385 e. The van der Waals surface area contributed by atoms with Crippen molar-refractivity contribution >= 4 is 17.5 Å². The van der Waals surface area contributed by atoms with E-state index in [0.29, 0.717) is 10.9 Å². The second-order valence-corrected chi connectivity index (χ2v) is 6.29. The van der Waals surface area contributed by atoms with Gasteiger partial charge in [-0.3, -0.25) is 4.79 Å². The molecule has 21 heavy (non-hydrogen) atoms. The standard InChI is InChI=1S/C17H24ClNO2/c1-13-7-8-15(18)11-16(13)17(20)19-9-3-5-14(12-19)6-4-10-21-2/h7-8,11,14H,3-6,9-10,12H2,1-2H3. The van der Waals surface area contributed by atoms with Crippen LogP contribution in [0.2, 0.25) is 5.02 Å². The van der Waals surface area contributed by atoms with Gasteiger partial charge in [-0.1, -0.05) is 17.7 Å². The summed E-state index contributed by atoms with van der Waals surface area (Å²) in [7, 11) is 1.73. The molecule has 2 rings (SSSR count). The number of amides is 1. The van der Waals surface area contributed by atoms with E-state index in [2.05, 4.69) is 0 Å².